The molecule has 3 N–H and O–H groups in total. The molecule has 2 rings (SSSR count). The predicted octanol–water partition coefficient (Wildman–Crippen LogP) is 1.27. The third-order valence-electron chi connectivity index (χ3n) is 3.78. The number of carbonyl (C=O) groups is 2. The Morgan fingerprint density at radius 3 is 2.73 bits per heavy atom. The number of para-hydroxylation sites is 1. The Morgan fingerprint density at radius 1 is 1.23 bits per heavy atom. The minimum atomic E-state index is -0.140. The molecule has 6 nitrogen and oxygen atoms in total. The predicted molar refractivity (Wildman–Crippen MR) is 86.7 cm³/mol. The number of likely N-dealkylation sites (N-methyl/N-ethyl adjacent to an activating group) is 1. The van der Waals surface area contributed by atoms with Crippen LogP contribution in [0.2, 0.25) is 0 Å². The minimum Gasteiger partial charge on any atom is -0.355 e. The molecule has 120 valence electrons. The molecule has 1 atom stereocenters. The number of hydrogen-bond donors (Lipinski definition) is 3. The van der Waals surface area contributed by atoms with Gasteiger partial charge in [0.1, 0.15) is 0 Å². The molecule has 1 fully saturated rings. The Bertz CT molecular complexity index is 492. The van der Waals surface area contributed by atoms with Gasteiger partial charge in [0.15, 0.2) is 0 Å². The van der Waals surface area contributed by atoms with E-state index in [0.29, 0.717) is 19.6 Å². The van der Waals surface area contributed by atoms with Crippen molar-refractivity contribution >= 4 is 17.6 Å². The molecule has 0 aliphatic carbocycles. The highest BCUT2D eigenvalue weighted by atomic mass is 16.2. The van der Waals surface area contributed by atoms with Crippen LogP contribution in [0.4, 0.5) is 10.5 Å². The van der Waals surface area contributed by atoms with Gasteiger partial charge in [0.2, 0.25) is 5.91 Å². The number of piperidine rings is 1. The topological polar surface area (TPSA) is 73.5 Å². The van der Waals surface area contributed by atoms with Gasteiger partial charge in [0.25, 0.3) is 0 Å². The number of carbonyl (C=O) groups excluding carboxylic acids is 2. The van der Waals surface area contributed by atoms with Crippen molar-refractivity contribution in [2.75, 3.05) is 38.5 Å². The van der Waals surface area contributed by atoms with Crippen molar-refractivity contribution in [1.29, 1.82) is 0 Å². The molecule has 3 amide bonds. The van der Waals surface area contributed by atoms with Gasteiger partial charge in [-0.1, -0.05) is 18.2 Å². The summed E-state index contributed by atoms with van der Waals surface area (Å²) in [6, 6.07) is 9.22. The number of hydrogen-bond acceptors (Lipinski definition) is 3. The summed E-state index contributed by atoms with van der Waals surface area (Å²) in [5.41, 5.74) is 0.771. The Kier molecular flexibility index (Phi) is 6.21. The van der Waals surface area contributed by atoms with Gasteiger partial charge in [-0.3, -0.25) is 4.79 Å². The molecule has 1 aromatic carbocycles. The van der Waals surface area contributed by atoms with E-state index in [1.165, 1.54) is 0 Å². The molecule has 0 aromatic heterocycles. The molecule has 0 radical (unpaired) electrons. The van der Waals surface area contributed by atoms with Crippen molar-refractivity contribution in [3.05, 3.63) is 30.3 Å². The summed E-state index contributed by atoms with van der Waals surface area (Å²) in [6.07, 6.45) is 1.69. The Balaban J connectivity index is 1.84. The quantitative estimate of drug-likeness (QED) is 0.717. The van der Waals surface area contributed by atoms with Crippen LogP contribution in [0.3, 0.4) is 0 Å². The van der Waals surface area contributed by atoms with E-state index < -0.39 is 0 Å². The number of nitrogens with zero attached hydrogens (tertiary/aromatic N) is 1. The maximum absolute atomic E-state index is 12.3. The summed E-state index contributed by atoms with van der Waals surface area (Å²) in [7, 11) is 1.85. The van der Waals surface area contributed by atoms with E-state index in [1.54, 1.807) is 4.90 Å². The lowest BCUT2D eigenvalue weighted by atomic mass is 9.97. The highest BCUT2D eigenvalue weighted by molar-refractivity contribution is 5.90. The van der Waals surface area contributed by atoms with Crippen LogP contribution < -0.4 is 16.0 Å². The van der Waals surface area contributed by atoms with Crippen LogP contribution in [0.25, 0.3) is 0 Å². The van der Waals surface area contributed by atoms with Crippen molar-refractivity contribution in [3.63, 3.8) is 0 Å². The lowest BCUT2D eigenvalue weighted by Crippen LogP contribution is -2.47. The second-order valence-electron chi connectivity index (χ2n) is 5.48. The fourth-order valence-electron chi connectivity index (χ4n) is 2.55. The average Bonchev–Trinajstić information content (AvgIpc) is 2.56. The van der Waals surface area contributed by atoms with Crippen molar-refractivity contribution in [2.45, 2.75) is 12.8 Å². The van der Waals surface area contributed by atoms with Gasteiger partial charge in [-0.15, -0.1) is 0 Å². The van der Waals surface area contributed by atoms with Gasteiger partial charge in [-0.25, -0.2) is 4.79 Å². The molecule has 6 heteroatoms. The maximum atomic E-state index is 12.3. The smallest absolute Gasteiger partial charge is 0.321 e. The zero-order valence-electron chi connectivity index (χ0n) is 13.0. The van der Waals surface area contributed by atoms with Crippen molar-refractivity contribution < 1.29 is 9.59 Å². The first-order valence-corrected chi connectivity index (χ1v) is 7.74. The van der Waals surface area contributed by atoms with E-state index in [-0.39, 0.29) is 17.9 Å². The fourth-order valence-corrected chi connectivity index (χ4v) is 2.55. The summed E-state index contributed by atoms with van der Waals surface area (Å²) in [5, 5.41) is 8.76. The van der Waals surface area contributed by atoms with Gasteiger partial charge in [0.05, 0.1) is 5.92 Å². The van der Waals surface area contributed by atoms with Crippen molar-refractivity contribution in [3.8, 4) is 0 Å². The molecule has 1 aliphatic heterocycles. The zero-order chi connectivity index (χ0) is 15.8. The summed E-state index contributed by atoms with van der Waals surface area (Å²) < 4.78 is 0. The molecule has 1 aromatic rings. The van der Waals surface area contributed by atoms with Gasteiger partial charge >= 0.3 is 6.03 Å². The summed E-state index contributed by atoms with van der Waals surface area (Å²) in [4.78, 5) is 26.1. The second-order valence-corrected chi connectivity index (χ2v) is 5.48. The van der Waals surface area contributed by atoms with Crippen molar-refractivity contribution in [1.82, 2.24) is 15.5 Å². The van der Waals surface area contributed by atoms with Crippen LogP contribution in [0.5, 0.6) is 0 Å². The average molecular weight is 304 g/mol. The Labute approximate surface area is 131 Å². The standard InChI is InChI=1S/C16H24N4O2/c1-17-9-10-18-15(21)13-6-5-11-20(12-13)16(22)19-14-7-3-2-4-8-14/h2-4,7-8,13,17H,5-6,9-12H2,1H3,(H,18,21)(H,19,22). The first-order chi connectivity index (χ1) is 10.7. The van der Waals surface area contributed by atoms with E-state index in [2.05, 4.69) is 16.0 Å². The largest absolute Gasteiger partial charge is 0.355 e. The number of nitrogens with one attached hydrogen (secondary N) is 3. The number of anilines is 1. The molecule has 0 bridgehead atoms. The molecule has 0 spiro atoms. The molecule has 1 unspecified atom stereocenters. The zero-order valence-corrected chi connectivity index (χ0v) is 13.0. The van der Waals surface area contributed by atoms with Crippen molar-refractivity contribution in [2.24, 2.45) is 5.92 Å². The van der Waals surface area contributed by atoms with E-state index in [1.807, 2.05) is 37.4 Å². The minimum absolute atomic E-state index is 0.0347. The molecule has 1 saturated heterocycles. The summed E-state index contributed by atoms with van der Waals surface area (Å²) >= 11 is 0. The first kappa shape index (κ1) is 16.3. The number of likely N-dealkylation sites (tertiary alicyclic amines) is 1. The molecule has 1 aliphatic rings. The molecular weight excluding hydrogens is 280 g/mol. The van der Waals surface area contributed by atoms with Crippen LogP contribution in [0, 0.1) is 5.92 Å². The summed E-state index contributed by atoms with van der Waals surface area (Å²) in [6.45, 7) is 2.53. The van der Waals surface area contributed by atoms with Gasteiger partial charge in [-0.05, 0) is 32.0 Å². The lowest BCUT2D eigenvalue weighted by Gasteiger charge is -2.32. The third-order valence-corrected chi connectivity index (χ3v) is 3.78. The number of rotatable bonds is 5. The molecule has 22 heavy (non-hydrogen) atoms. The monoisotopic (exact) mass is 304 g/mol. The van der Waals surface area contributed by atoms with Crippen LogP contribution in [0.15, 0.2) is 30.3 Å². The fraction of sp³-hybridized carbons (Fsp3) is 0.500. The lowest BCUT2D eigenvalue weighted by molar-refractivity contribution is -0.126. The van der Waals surface area contributed by atoms with E-state index in [9.17, 15) is 9.59 Å². The summed E-state index contributed by atoms with van der Waals surface area (Å²) in [5.74, 6) is -0.0837. The normalized spacial score (nSPS) is 17.9. The first-order valence-electron chi connectivity index (χ1n) is 7.74. The number of amides is 3. The molecule has 0 saturated carbocycles. The van der Waals surface area contributed by atoms with Crippen LogP contribution in [0.1, 0.15) is 12.8 Å². The Hall–Kier alpha value is -2.08. The van der Waals surface area contributed by atoms with E-state index in [4.69, 9.17) is 0 Å². The van der Waals surface area contributed by atoms with Crippen LogP contribution in [-0.2, 0) is 4.79 Å². The van der Waals surface area contributed by atoms with Gasteiger partial charge in [-0.2, -0.15) is 0 Å². The van der Waals surface area contributed by atoms with E-state index >= 15 is 0 Å². The van der Waals surface area contributed by atoms with Gasteiger partial charge < -0.3 is 20.9 Å². The number of urea groups is 1. The van der Waals surface area contributed by atoms with Crippen LogP contribution in [-0.4, -0.2) is 50.1 Å². The highest BCUT2D eigenvalue weighted by Crippen LogP contribution is 2.18. The highest BCUT2D eigenvalue weighted by Gasteiger charge is 2.28. The Morgan fingerprint density at radius 2 is 2.00 bits per heavy atom. The molecule has 1 heterocycles. The second kappa shape index (κ2) is 8.38. The SMILES string of the molecule is CNCCNC(=O)C1CCCN(C(=O)Nc2ccccc2)C1. The van der Waals surface area contributed by atoms with E-state index in [0.717, 1.165) is 25.1 Å². The van der Waals surface area contributed by atoms with Crippen LogP contribution >= 0.6 is 0 Å². The maximum Gasteiger partial charge on any atom is 0.321 e. The van der Waals surface area contributed by atoms with Gasteiger partial charge in [0, 0.05) is 31.9 Å². The third kappa shape index (κ3) is 4.73. The molecular formula is C16H24N4O2. The number of benzene rings is 1.